The molecular formula is C27H31Cl2N3O3. The number of aromatic nitrogens is 1. The van der Waals surface area contributed by atoms with Crippen molar-refractivity contribution in [3.05, 3.63) is 68.9 Å². The summed E-state index contributed by atoms with van der Waals surface area (Å²) in [7, 11) is 0. The molecule has 1 fully saturated rings. The fraction of sp³-hybridized carbons (Fsp3) is 0.407. The fourth-order valence-electron chi connectivity index (χ4n) is 4.46. The van der Waals surface area contributed by atoms with Gasteiger partial charge in [0, 0.05) is 44.7 Å². The molecule has 35 heavy (non-hydrogen) atoms. The molecule has 3 aromatic rings. The Labute approximate surface area is 216 Å². The molecule has 6 nitrogen and oxygen atoms in total. The molecule has 1 aliphatic heterocycles. The van der Waals surface area contributed by atoms with Gasteiger partial charge in [0.15, 0.2) is 0 Å². The molecule has 0 bridgehead atoms. The number of nitrogens with zero attached hydrogens (tertiary/aromatic N) is 3. The van der Waals surface area contributed by atoms with Gasteiger partial charge in [0.2, 0.25) is 5.91 Å². The second-order valence-corrected chi connectivity index (χ2v) is 9.61. The van der Waals surface area contributed by atoms with Crippen LogP contribution in [0.3, 0.4) is 0 Å². The Kier molecular flexibility index (Phi) is 8.71. The zero-order chi connectivity index (χ0) is 24.8. The number of ether oxygens (including phenoxy) is 1. The van der Waals surface area contributed by atoms with Crippen molar-refractivity contribution in [1.82, 2.24) is 9.47 Å². The van der Waals surface area contributed by atoms with Gasteiger partial charge in [-0.1, -0.05) is 36.2 Å². The highest BCUT2D eigenvalue weighted by Gasteiger charge is 2.19. The minimum absolute atomic E-state index is 0.182. The third kappa shape index (κ3) is 6.18. The van der Waals surface area contributed by atoms with Gasteiger partial charge in [0.05, 0.1) is 27.9 Å². The van der Waals surface area contributed by atoms with Crippen LogP contribution in [0.25, 0.3) is 10.9 Å². The fourth-order valence-corrected chi connectivity index (χ4v) is 4.88. The average molecular weight is 516 g/mol. The Hall–Kier alpha value is -2.54. The topological polar surface area (TPSA) is 54.8 Å². The summed E-state index contributed by atoms with van der Waals surface area (Å²) >= 11 is 12.5. The van der Waals surface area contributed by atoms with Gasteiger partial charge >= 0.3 is 0 Å². The number of pyridine rings is 1. The maximum Gasteiger partial charge on any atom is 0.257 e. The number of hydrogen-bond acceptors (Lipinski definition) is 5. The van der Waals surface area contributed by atoms with Gasteiger partial charge in [-0.25, -0.2) is 4.57 Å². The van der Waals surface area contributed by atoms with Crippen LogP contribution in [-0.2, 0) is 0 Å². The first-order valence-corrected chi connectivity index (χ1v) is 13.0. The molecule has 0 aliphatic carbocycles. The number of halogens is 2. The summed E-state index contributed by atoms with van der Waals surface area (Å²) in [6.07, 6.45) is 2.99. The molecule has 1 aromatic heterocycles. The van der Waals surface area contributed by atoms with Gasteiger partial charge in [-0.2, -0.15) is 0 Å². The second-order valence-electron chi connectivity index (χ2n) is 8.83. The lowest BCUT2D eigenvalue weighted by Crippen LogP contribution is -2.46. The van der Waals surface area contributed by atoms with Crippen LogP contribution in [0.5, 0.6) is 5.75 Å². The minimum atomic E-state index is -0.300. The van der Waals surface area contributed by atoms with Crippen molar-refractivity contribution in [2.45, 2.75) is 32.6 Å². The van der Waals surface area contributed by atoms with Crippen molar-refractivity contribution in [3.8, 4) is 5.75 Å². The van der Waals surface area contributed by atoms with E-state index in [1.165, 1.54) is 10.6 Å². The molecule has 1 aliphatic rings. The number of unbranched alkanes of at least 4 members (excludes halogenated alkanes) is 1. The molecular weight excluding hydrogens is 485 g/mol. The largest absolute Gasteiger partial charge is 0.494 e. The molecule has 2 heterocycles. The van der Waals surface area contributed by atoms with E-state index >= 15 is 0 Å². The second kappa shape index (κ2) is 11.9. The highest BCUT2D eigenvalue weighted by molar-refractivity contribution is 6.43. The first-order valence-electron chi connectivity index (χ1n) is 12.2. The third-order valence-corrected chi connectivity index (χ3v) is 7.17. The quantitative estimate of drug-likeness (QED) is 0.340. The Morgan fingerprint density at radius 1 is 1.00 bits per heavy atom. The molecule has 0 radical (unpaired) electrons. The number of anilines is 1. The molecule has 0 unspecified atom stereocenters. The molecule has 1 saturated heterocycles. The van der Waals surface area contributed by atoms with E-state index in [1.807, 2.05) is 37.3 Å². The molecule has 0 saturated carbocycles. The molecule has 4 rings (SSSR count). The van der Waals surface area contributed by atoms with Gasteiger partial charge in [-0.3, -0.25) is 14.5 Å². The Morgan fingerprint density at radius 3 is 2.54 bits per heavy atom. The van der Waals surface area contributed by atoms with Gasteiger partial charge in [-0.15, -0.1) is 0 Å². The number of hydrogen-bond donors (Lipinski definition) is 0. The average Bonchev–Trinajstić information content (AvgIpc) is 2.86. The Balaban J connectivity index is 1.25. The van der Waals surface area contributed by atoms with Crippen molar-refractivity contribution >= 4 is 45.7 Å². The van der Waals surface area contributed by atoms with E-state index in [2.05, 4.69) is 9.80 Å². The number of piperazine rings is 1. The summed E-state index contributed by atoms with van der Waals surface area (Å²) < 4.78 is 7.22. The molecule has 8 heteroatoms. The monoisotopic (exact) mass is 515 g/mol. The molecule has 0 N–H and O–H groups in total. The van der Waals surface area contributed by atoms with Crippen LogP contribution in [0.1, 0.15) is 37.4 Å². The van der Waals surface area contributed by atoms with Crippen molar-refractivity contribution in [2.75, 3.05) is 44.2 Å². The highest BCUT2D eigenvalue weighted by Crippen LogP contribution is 2.32. The van der Waals surface area contributed by atoms with E-state index in [-0.39, 0.29) is 11.5 Å². The number of fused-ring (bicyclic) bond motifs is 1. The van der Waals surface area contributed by atoms with Gasteiger partial charge in [0.1, 0.15) is 5.75 Å². The van der Waals surface area contributed by atoms with E-state index in [1.54, 1.807) is 12.1 Å². The highest BCUT2D eigenvalue weighted by atomic mass is 35.5. The van der Waals surface area contributed by atoms with E-state index in [9.17, 15) is 9.59 Å². The smallest absolute Gasteiger partial charge is 0.257 e. The van der Waals surface area contributed by atoms with Crippen LogP contribution in [0.2, 0.25) is 10.0 Å². The molecule has 186 valence electrons. The summed E-state index contributed by atoms with van der Waals surface area (Å²) in [6.45, 7) is 7.35. The number of carbonyl (C=O) groups is 1. The van der Waals surface area contributed by atoms with Crippen LogP contribution in [0.4, 0.5) is 5.69 Å². The van der Waals surface area contributed by atoms with Crippen molar-refractivity contribution < 1.29 is 9.53 Å². The lowest BCUT2D eigenvalue weighted by Gasteiger charge is -2.36. The lowest BCUT2D eigenvalue weighted by atomic mass is 10.2. The Bertz CT molecular complexity index is 1240. The summed E-state index contributed by atoms with van der Waals surface area (Å²) in [5.41, 5.74) is 1.31. The molecule has 0 spiro atoms. The summed E-state index contributed by atoms with van der Waals surface area (Å²) in [4.78, 5) is 29.6. The maximum absolute atomic E-state index is 12.5. The number of rotatable bonds is 9. The van der Waals surface area contributed by atoms with Gasteiger partial charge < -0.3 is 9.64 Å². The maximum atomic E-state index is 12.5. The molecule has 2 aromatic carbocycles. The normalized spacial score (nSPS) is 14.4. The van der Waals surface area contributed by atoms with Crippen LogP contribution >= 0.6 is 23.2 Å². The minimum Gasteiger partial charge on any atom is -0.494 e. The lowest BCUT2D eigenvalue weighted by molar-refractivity contribution is 0.0903. The van der Waals surface area contributed by atoms with Crippen molar-refractivity contribution in [1.29, 1.82) is 0 Å². The predicted octanol–water partition coefficient (Wildman–Crippen LogP) is 5.73. The van der Waals surface area contributed by atoms with Crippen LogP contribution in [0.15, 0.2) is 53.3 Å². The van der Waals surface area contributed by atoms with E-state index in [4.69, 9.17) is 27.9 Å². The SMILES string of the molecule is CCCC(=O)n1c(=O)ccc2ccc(OCCCCN3CCN(c4cccc(Cl)c4Cl)CC3)cc21. The summed E-state index contributed by atoms with van der Waals surface area (Å²) in [6, 6.07) is 14.5. The number of carbonyl (C=O) groups excluding carboxylic acids is 1. The van der Waals surface area contributed by atoms with Gasteiger partial charge in [-0.05, 0) is 61.5 Å². The number of benzene rings is 2. The zero-order valence-electron chi connectivity index (χ0n) is 20.0. The molecule has 0 amide bonds. The Morgan fingerprint density at radius 2 is 1.77 bits per heavy atom. The van der Waals surface area contributed by atoms with Gasteiger partial charge in [0.25, 0.3) is 5.56 Å². The van der Waals surface area contributed by atoms with E-state index in [0.717, 1.165) is 56.6 Å². The zero-order valence-corrected chi connectivity index (χ0v) is 21.5. The van der Waals surface area contributed by atoms with Crippen LogP contribution in [-0.4, -0.2) is 54.7 Å². The van der Waals surface area contributed by atoms with E-state index < -0.39 is 0 Å². The van der Waals surface area contributed by atoms with Crippen molar-refractivity contribution in [2.24, 2.45) is 0 Å². The summed E-state index contributed by atoms with van der Waals surface area (Å²) in [5, 5.41) is 2.06. The molecule has 0 atom stereocenters. The predicted molar refractivity (Wildman–Crippen MR) is 144 cm³/mol. The third-order valence-electron chi connectivity index (χ3n) is 6.36. The first-order chi connectivity index (χ1) is 17.0. The van der Waals surface area contributed by atoms with Crippen molar-refractivity contribution in [3.63, 3.8) is 0 Å². The standard InChI is InChI=1S/C27H31Cl2N3O3/c1-2-6-25(33)32-24-19-21(11-9-20(24)10-12-26(32)34)35-18-4-3-13-30-14-16-31(17-15-30)23-8-5-7-22(28)27(23)29/h5,7-12,19H,2-4,6,13-18H2,1H3. The first kappa shape index (κ1) is 25.5. The van der Waals surface area contributed by atoms with E-state index in [0.29, 0.717) is 40.8 Å². The van der Waals surface area contributed by atoms with Crippen LogP contribution in [0, 0.1) is 0 Å². The summed E-state index contributed by atoms with van der Waals surface area (Å²) in [5.74, 6) is 0.492. The van der Waals surface area contributed by atoms with Crippen LogP contribution < -0.4 is 15.2 Å².